The molecule has 6 nitrogen and oxygen atoms in total. The zero-order valence-corrected chi connectivity index (χ0v) is 15.2. The smallest absolute Gasteiger partial charge is 0.445 e. The predicted octanol–water partition coefficient (Wildman–Crippen LogP) is 3.32. The maximum Gasteiger partial charge on any atom is 0.514 e. The number of ether oxygens (including phenoxy) is 1. The molecule has 3 rings (SSSR count). The Morgan fingerprint density at radius 3 is 2.44 bits per heavy atom. The molecule has 2 heterocycles. The van der Waals surface area contributed by atoms with Gasteiger partial charge in [0.1, 0.15) is 25.2 Å². The van der Waals surface area contributed by atoms with Crippen LogP contribution in [0.25, 0.3) is 0 Å². The van der Waals surface area contributed by atoms with Crippen molar-refractivity contribution in [2.24, 2.45) is 5.41 Å². The van der Waals surface area contributed by atoms with E-state index in [9.17, 15) is 14.7 Å². The molecule has 1 spiro atoms. The molecule has 0 saturated carbocycles. The summed E-state index contributed by atoms with van der Waals surface area (Å²) in [7, 11) is 0. The summed E-state index contributed by atoms with van der Waals surface area (Å²) in [6.07, 6.45) is -0.239. The number of likely N-dealkylation sites (tertiary alicyclic amines) is 2. The number of benzene rings is 1. The van der Waals surface area contributed by atoms with E-state index < -0.39 is 6.09 Å². The Morgan fingerprint density at radius 1 is 1.24 bits per heavy atom. The largest absolute Gasteiger partial charge is 0.514 e. The van der Waals surface area contributed by atoms with E-state index in [2.05, 4.69) is 0 Å². The first-order chi connectivity index (χ1) is 11.7. The minimum absolute atomic E-state index is 0.0693. The van der Waals surface area contributed by atoms with E-state index in [0.29, 0.717) is 26.2 Å². The molecule has 1 N–H and O–H groups in total. The van der Waals surface area contributed by atoms with Crippen molar-refractivity contribution >= 4 is 12.2 Å². The lowest BCUT2D eigenvalue weighted by Gasteiger charge is -2.58. The Balaban J connectivity index is 1.57. The number of quaternary nitrogens is 1. The average molecular weight is 347 g/mol. The van der Waals surface area contributed by atoms with Crippen molar-refractivity contribution in [3.8, 4) is 0 Å². The summed E-state index contributed by atoms with van der Waals surface area (Å²) in [5, 5.41) is 9.72. The van der Waals surface area contributed by atoms with E-state index in [4.69, 9.17) is 4.74 Å². The summed E-state index contributed by atoms with van der Waals surface area (Å²) in [6, 6.07) is 9.60. The molecule has 2 saturated heterocycles. The summed E-state index contributed by atoms with van der Waals surface area (Å²) in [6.45, 7) is 8.54. The van der Waals surface area contributed by atoms with E-state index in [-0.39, 0.29) is 28.1 Å². The van der Waals surface area contributed by atoms with Crippen molar-refractivity contribution in [3.63, 3.8) is 0 Å². The van der Waals surface area contributed by atoms with Gasteiger partial charge in [-0.3, -0.25) is 0 Å². The van der Waals surface area contributed by atoms with Gasteiger partial charge in [-0.15, -0.1) is 0 Å². The molecule has 0 bridgehead atoms. The third-order valence-electron chi connectivity index (χ3n) is 5.76. The van der Waals surface area contributed by atoms with Gasteiger partial charge in [-0.2, -0.15) is 4.79 Å². The molecular formula is C19H27N2O4+. The van der Waals surface area contributed by atoms with Crippen LogP contribution < -0.4 is 0 Å². The molecule has 0 aliphatic carbocycles. The molecule has 0 aromatic heterocycles. The summed E-state index contributed by atoms with van der Waals surface area (Å²) >= 11 is 0. The second-order valence-electron chi connectivity index (χ2n) is 8.45. The van der Waals surface area contributed by atoms with Gasteiger partial charge in [-0.05, 0) is 32.8 Å². The standard InChI is InChI=1S/C19H26N2O4/c1-18(2,3)21(17(23)24)13-19(14-21)9-10-20(12-19)16(22)25-11-15-7-5-4-6-8-15/h4-8H,9-14H2,1-3H3/p+1. The van der Waals surface area contributed by atoms with E-state index in [0.717, 1.165) is 12.0 Å². The second-order valence-corrected chi connectivity index (χ2v) is 8.45. The molecule has 0 radical (unpaired) electrons. The van der Waals surface area contributed by atoms with Gasteiger partial charge in [-0.1, -0.05) is 30.3 Å². The minimum atomic E-state index is -0.775. The summed E-state index contributed by atoms with van der Waals surface area (Å²) in [5.74, 6) is 0. The van der Waals surface area contributed by atoms with Crippen molar-refractivity contribution in [3.05, 3.63) is 35.9 Å². The molecule has 6 heteroatoms. The maximum atomic E-state index is 12.3. The molecule has 2 aliphatic heterocycles. The van der Waals surface area contributed by atoms with E-state index in [1.807, 2.05) is 51.1 Å². The lowest BCUT2D eigenvalue weighted by atomic mass is 9.73. The van der Waals surface area contributed by atoms with Crippen LogP contribution >= 0.6 is 0 Å². The normalized spacial score (nSPS) is 28.7. The molecule has 1 aromatic rings. The Hall–Kier alpha value is -2.08. The number of hydrogen-bond donors (Lipinski definition) is 1. The van der Waals surface area contributed by atoms with Crippen LogP contribution in [-0.2, 0) is 11.3 Å². The molecule has 25 heavy (non-hydrogen) atoms. The lowest BCUT2D eigenvalue weighted by molar-refractivity contribution is -0.958. The van der Waals surface area contributed by atoms with Gasteiger partial charge in [0.15, 0.2) is 0 Å². The highest BCUT2D eigenvalue weighted by atomic mass is 16.6. The topological polar surface area (TPSA) is 66.8 Å². The number of carbonyl (C=O) groups excluding carboxylic acids is 1. The first kappa shape index (κ1) is 17.7. The van der Waals surface area contributed by atoms with Crippen LogP contribution in [0.4, 0.5) is 9.59 Å². The van der Waals surface area contributed by atoms with Gasteiger partial charge in [-0.25, -0.2) is 9.28 Å². The number of rotatable bonds is 2. The molecule has 0 atom stereocenters. The lowest BCUT2D eigenvalue weighted by Crippen LogP contribution is -2.78. The highest BCUT2D eigenvalue weighted by molar-refractivity contribution is 5.68. The predicted molar refractivity (Wildman–Crippen MR) is 93.0 cm³/mol. The first-order valence-electron chi connectivity index (χ1n) is 8.74. The first-order valence-corrected chi connectivity index (χ1v) is 8.74. The molecule has 2 amide bonds. The zero-order chi connectivity index (χ0) is 18.3. The van der Waals surface area contributed by atoms with E-state index in [1.165, 1.54) is 0 Å². The van der Waals surface area contributed by atoms with Crippen LogP contribution in [0.5, 0.6) is 0 Å². The molecule has 136 valence electrons. The Morgan fingerprint density at radius 2 is 1.88 bits per heavy atom. The van der Waals surface area contributed by atoms with Crippen molar-refractivity contribution in [1.29, 1.82) is 0 Å². The Labute approximate surface area is 148 Å². The highest BCUT2D eigenvalue weighted by Crippen LogP contribution is 2.49. The van der Waals surface area contributed by atoms with Crippen LogP contribution in [0.15, 0.2) is 30.3 Å². The van der Waals surface area contributed by atoms with Crippen molar-refractivity contribution in [1.82, 2.24) is 4.90 Å². The van der Waals surface area contributed by atoms with E-state index in [1.54, 1.807) is 4.90 Å². The molecule has 1 aromatic carbocycles. The third-order valence-corrected chi connectivity index (χ3v) is 5.76. The Kier molecular flexibility index (Phi) is 4.27. The van der Waals surface area contributed by atoms with E-state index >= 15 is 0 Å². The molecule has 2 aliphatic rings. The third kappa shape index (κ3) is 3.11. The van der Waals surface area contributed by atoms with Crippen molar-refractivity contribution in [2.45, 2.75) is 39.3 Å². The summed E-state index contributed by atoms with van der Waals surface area (Å²) in [5.41, 5.74) is 0.526. The van der Waals surface area contributed by atoms with Gasteiger partial charge in [0.2, 0.25) is 0 Å². The van der Waals surface area contributed by atoms with Gasteiger partial charge >= 0.3 is 12.2 Å². The fourth-order valence-corrected chi connectivity index (χ4v) is 4.16. The quantitative estimate of drug-likeness (QED) is 0.834. The van der Waals surface area contributed by atoms with Crippen LogP contribution in [0, 0.1) is 5.41 Å². The van der Waals surface area contributed by atoms with Crippen molar-refractivity contribution < 1.29 is 23.9 Å². The SMILES string of the molecule is CC(C)(C)[N+]1(C(=O)O)CC2(CCN(C(=O)OCc3ccccc3)C2)C1. The van der Waals surface area contributed by atoms with Crippen LogP contribution in [-0.4, -0.2) is 58.4 Å². The number of amides is 2. The molecular weight excluding hydrogens is 320 g/mol. The van der Waals surface area contributed by atoms with Gasteiger partial charge in [0.25, 0.3) is 0 Å². The summed E-state index contributed by atoms with van der Waals surface area (Å²) < 4.78 is 5.48. The number of carbonyl (C=O) groups is 2. The average Bonchev–Trinajstić information content (AvgIpc) is 2.96. The number of nitrogens with zero attached hydrogens (tertiary/aromatic N) is 2. The monoisotopic (exact) mass is 347 g/mol. The second kappa shape index (κ2) is 6.02. The fourth-order valence-electron chi connectivity index (χ4n) is 4.16. The fraction of sp³-hybridized carbons (Fsp3) is 0.579. The highest BCUT2D eigenvalue weighted by Gasteiger charge is 2.67. The molecule has 2 fully saturated rings. The Bertz CT molecular complexity index is 660. The van der Waals surface area contributed by atoms with Crippen LogP contribution in [0.2, 0.25) is 0 Å². The zero-order valence-electron chi connectivity index (χ0n) is 15.2. The van der Waals surface area contributed by atoms with Gasteiger partial charge < -0.3 is 14.7 Å². The number of carboxylic acid groups (broad SMARTS) is 1. The van der Waals surface area contributed by atoms with Gasteiger partial charge in [0.05, 0.1) is 5.41 Å². The maximum absolute atomic E-state index is 12.3. The molecule has 0 unspecified atom stereocenters. The minimum Gasteiger partial charge on any atom is -0.445 e. The van der Waals surface area contributed by atoms with Gasteiger partial charge in [0, 0.05) is 13.1 Å². The van der Waals surface area contributed by atoms with Crippen LogP contribution in [0.1, 0.15) is 32.8 Å². The summed E-state index contributed by atoms with van der Waals surface area (Å²) in [4.78, 5) is 25.9. The van der Waals surface area contributed by atoms with Crippen LogP contribution in [0.3, 0.4) is 0 Å². The number of hydrogen-bond acceptors (Lipinski definition) is 3. The van der Waals surface area contributed by atoms with Crippen molar-refractivity contribution in [2.75, 3.05) is 26.2 Å².